The van der Waals surface area contributed by atoms with Gasteiger partial charge in [-0.3, -0.25) is 0 Å². The molecule has 3 atom stereocenters. The van der Waals surface area contributed by atoms with Gasteiger partial charge in [-0.2, -0.15) is 0 Å². The van der Waals surface area contributed by atoms with Crippen molar-refractivity contribution in [1.82, 2.24) is 10.0 Å². The van der Waals surface area contributed by atoms with Gasteiger partial charge in [-0.05, 0) is 43.5 Å². The molecule has 1 saturated heterocycles. The van der Waals surface area contributed by atoms with Gasteiger partial charge in [-0.1, -0.05) is 30.3 Å². The van der Waals surface area contributed by atoms with E-state index in [1.165, 1.54) is 18.2 Å². The van der Waals surface area contributed by atoms with E-state index in [2.05, 4.69) is 15.4 Å². The summed E-state index contributed by atoms with van der Waals surface area (Å²) >= 11 is 0. The SMILES string of the molecule is O=C(Nc1ccccc1)N[C@H]1CC[C@H](CCNS(=O)(=O)c2ccccc2F)O[C@@H]1CO. The second-order valence-corrected chi connectivity index (χ2v) is 8.98. The van der Waals surface area contributed by atoms with Crippen molar-refractivity contribution in [1.29, 1.82) is 0 Å². The van der Waals surface area contributed by atoms with Crippen LogP contribution >= 0.6 is 0 Å². The quantitative estimate of drug-likeness (QED) is 0.491. The average molecular weight is 452 g/mol. The largest absolute Gasteiger partial charge is 0.394 e. The molecule has 0 bridgehead atoms. The molecule has 0 spiro atoms. The van der Waals surface area contributed by atoms with Crippen molar-refractivity contribution >= 4 is 21.7 Å². The molecule has 8 nitrogen and oxygen atoms in total. The number of hydrogen-bond acceptors (Lipinski definition) is 5. The minimum Gasteiger partial charge on any atom is -0.394 e. The van der Waals surface area contributed by atoms with E-state index in [9.17, 15) is 22.7 Å². The van der Waals surface area contributed by atoms with Gasteiger partial charge in [0, 0.05) is 12.2 Å². The predicted octanol–water partition coefficient (Wildman–Crippen LogP) is 2.22. The van der Waals surface area contributed by atoms with Gasteiger partial charge in [0.2, 0.25) is 10.0 Å². The summed E-state index contributed by atoms with van der Waals surface area (Å²) in [5.74, 6) is -0.813. The number of amides is 2. The smallest absolute Gasteiger partial charge is 0.319 e. The van der Waals surface area contributed by atoms with E-state index in [1.54, 1.807) is 24.3 Å². The fraction of sp³-hybridized carbons (Fsp3) is 0.381. The monoisotopic (exact) mass is 451 g/mol. The molecule has 2 amide bonds. The standard InChI is InChI=1S/C21H26FN3O5S/c22-17-8-4-5-9-20(17)31(28,29)23-13-12-16-10-11-18(19(14-26)30-16)25-21(27)24-15-6-2-1-3-7-15/h1-9,16,18-19,23,26H,10-14H2,(H2,24,25,27)/t16-,18+,19-/m1/s1. The van der Waals surface area contributed by atoms with Gasteiger partial charge in [0.1, 0.15) is 16.8 Å². The molecule has 0 aliphatic carbocycles. The number of anilines is 1. The molecule has 4 N–H and O–H groups in total. The summed E-state index contributed by atoms with van der Waals surface area (Å²) in [6.45, 7) is -0.222. The van der Waals surface area contributed by atoms with E-state index < -0.39 is 32.9 Å². The predicted molar refractivity (Wildman–Crippen MR) is 114 cm³/mol. The third-order valence-electron chi connectivity index (χ3n) is 5.03. The van der Waals surface area contributed by atoms with Gasteiger partial charge in [0.05, 0.1) is 18.8 Å². The van der Waals surface area contributed by atoms with Gasteiger partial charge in [0.15, 0.2) is 0 Å². The number of carbonyl (C=O) groups is 1. The van der Waals surface area contributed by atoms with Crippen LogP contribution in [0.4, 0.5) is 14.9 Å². The average Bonchev–Trinajstić information content (AvgIpc) is 2.75. The van der Waals surface area contributed by atoms with Crippen LogP contribution in [-0.4, -0.2) is 51.0 Å². The highest BCUT2D eigenvalue weighted by Gasteiger charge is 2.32. The van der Waals surface area contributed by atoms with Crippen molar-refractivity contribution in [2.75, 3.05) is 18.5 Å². The molecule has 1 aliphatic heterocycles. The van der Waals surface area contributed by atoms with Gasteiger partial charge in [-0.25, -0.2) is 22.3 Å². The molecule has 1 aliphatic rings. The normalized spacial score (nSPS) is 21.4. The summed E-state index contributed by atoms with van der Waals surface area (Å²) in [5, 5.41) is 15.2. The van der Waals surface area contributed by atoms with Gasteiger partial charge >= 0.3 is 6.03 Å². The zero-order chi connectivity index (χ0) is 22.3. The van der Waals surface area contributed by atoms with Crippen LogP contribution in [0.3, 0.4) is 0 Å². The first-order valence-corrected chi connectivity index (χ1v) is 11.5. The Bertz CT molecular complexity index is 974. The van der Waals surface area contributed by atoms with E-state index in [1.807, 2.05) is 6.07 Å². The summed E-state index contributed by atoms with van der Waals surface area (Å²) < 4.78 is 46.5. The first-order valence-electron chi connectivity index (χ1n) is 10.0. The Hall–Kier alpha value is -2.53. The third kappa shape index (κ3) is 6.47. The second kappa shape index (κ2) is 10.7. The Morgan fingerprint density at radius 3 is 2.52 bits per heavy atom. The first-order chi connectivity index (χ1) is 14.9. The van der Waals surface area contributed by atoms with Crippen LogP contribution in [0.2, 0.25) is 0 Å². The van der Waals surface area contributed by atoms with Crippen LogP contribution in [0.25, 0.3) is 0 Å². The van der Waals surface area contributed by atoms with Crippen LogP contribution in [0, 0.1) is 5.82 Å². The fourth-order valence-electron chi connectivity index (χ4n) is 3.46. The number of sulfonamides is 1. The van der Waals surface area contributed by atoms with Crippen molar-refractivity contribution in [2.45, 2.75) is 42.4 Å². The Kier molecular flexibility index (Phi) is 7.97. The molecule has 31 heavy (non-hydrogen) atoms. The van der Waals surface area contributed by atoms with Crippen molar-refractivity contribution in [3.63, 3.8) is 0 Å². The number of aliphatic hydroxyl groups is 1. The number of urea groups is 1. The lowest BCUT2D eigenvalue weighted by molar-refractivity contribution is -0.0884. The number of aliphatic hydroxyl groups excluding tert-OH is 1. The first kappa shape index (κ1) is 23.1. The molecule has 0 saturated carbocycles. The second-order valence-electron chi connectivity index (χ2n) is 7.24. The van der Waals surface area contributed by atoms with Crippen molar-refractivity contribution < 1.29 is 27.4 Å². The number of hydrogen-bond donors (Lipinski definition) is 4. The van der Waals surface area contributed by atoms with Crippen molar-refractivity contribution in [3.05, 3.63) is 60.4 Å². The third-order valence-corrected chi connectivity index (χ3v) is 6.52. The minimum absolute atomic E-state index is 0.0616. The highest BCUT2D eigenvalue weighted by Crippen LogP contribution is 2.22. The lowest BCUT2D eigenvalue weighted by Crippen LogP contribution is -2.52. The minimum atomic E-state index is -3.96. The molecule has 0 radical (unpaired) electrons. The zero-order valence-electron chi connectivity index (χ0n) is 16.8. The summed E-state index contributed by atoms with van der Waals surface area (Å²) in [5.41, 5.74) is 0.650. The lowest BCUT2D eigenvalue weighted by Gasteiger charge is -2.36. The fourth-order valence-corrected chi connectivity index (χ4v) is 4.59. The van der Waals surface area contributed by atoms with Crippen LogP contribution in [0.15, 0.2) is 59.5 Å². The van der Waals surface area contributed by atoms with Gasteiger partial charge in [-0.15, -0.1) is 0 Å². The van der Waals surface area contributed by atoms with Gasteiger partial charge < -0.3 is 20.5 Å². The van der Waals surface area contributed by atoms with Crippen LogP contribution < -0.4 is 15.4 Å². The molecule has 3 rings (SSSR count). The summed E-state index contributed by atoms with van der Waals surface area (Å²) in [4.78, 5) is 11.8. The van der Waals surface area contributed by atoms with Crippen LogP contribution in [0.5, 0.6) is 0 Å². The number of benzene rings is 2. The van der Waals surface area contributed by atoms with E-state index in [0.717, 1.165) is 6.07 Å². The van der Waals surface area contributed by atoms with Crippen LogP contribution in [0.1, 0.15) is 19.3 Å². The molecule has 2 aromatic rings. The number of carbonyl (C=O) groups excluding carboxylic acids is 1. The molecular formula is C21H26FN3O5S. The van der Waals surface area contributed by atoms with Crippen molar-refractivity contribution in [2.24, 2.45) is 0 Å². The summed E-state index contributed by atoms with van der Waals surface area (Å²) in [6, 6.07) is 13.4. The molecule has 0 aromatic heterocycles. The lowest BCUT2D eigenvalue weighted by atomic mass is 9.97. The maximum Gasteiger partial charge on any atom is 0.319 e. The number of rotatable bonds is 8. The Morgan fingerprint density at radius 2 is 1.81 bits per heavy atom. The van der Waals surface area contributed by atoms with Gasteiger partial charge in [0.25, 0.3) is 0 Å². The number of halogens is 1. The molecule has 1 heterocycles. The molecule has 2 aromatic carbocycles. The molecule has 0 unspecified atom stereocenters. The summed E-state index contributed by atoms with van der Waals surface area (Å²) in [7, 11) is -3.96. The van der Waals surface area contributed by atoms with Crippen molar-refractivity contribution in [3.8, 4) is 0 Å². The number of ether oxygens (including phenoxy) is 1. The van der Waals surface area contributed by atoms with Crippen LogP contribution in [-0.2, 0) is 14.8 Å². The molecule has 168 valence electrons. The number of para-hydroxylation sites is 1. The van der Waals surface area contributed by atoms with E-state index in [0.29, 0.717) is 24.9 Å². The highest BCUT2D eigenvalue weighted by atomic mass is 32.2. The Morgan fingerprint density at radius 1 is 1.10 bits per heavy atom. The van der Waals surface area contributed by atoms with E-state index in [-0.39, 0.29) is 25.3 Å². The Labute approximate surface area is 180 Å². The maximum absolute atomic E-state index is 13.7. The zero-order valence-corrected chi connectivity index (χ0v) is 17.6. The molecular weight excluding hydrogens is 425 g/mol. The number of nitrogens with one attached hydrogen (secondary N) is 3. The van der Waals surface area contributed by atoms with E-state index in [4.69, 9.17) is 4.74 Å². The maximum atomic E-state index is 13.7. The molecule has 10 heteroatoms. The topological polar surface area (TPSA) is 117 Å². The molecule has 1 fully saturated rings. The summed E-state index contributed by atoms with van der Waals surface area (Å²) in [6.07, 6.45) is 0.596. The highest BCUT2D eigenvalue weighted by molar-refractivity contribution is 7.89. The van der Waals surface area contributed by atoms with E-state index >= 15 is 0 Å². The Balaban J connectivity index is 1.47.